The number of nitrogens with zero attached hydrogens (tertiary/aromatic N) is 2. The lowest BCUT2D eigenvalue weighted by Crippen LogP contribution is -2.31. The quantitative estimate of drug-likeness (QED) is 0.624. The van der Waals surface area contributed by atoms with Crippen LogP contribution in [0, 0.1) is 0 Å². The van der Waals surface area contributed by atoms with Gasteiger partial charge in [0.05, 0.1) is 0 Å². The zero-order valence-corrected chi connectivity index (χ0v) is 14.1. The average Bonchev–Trinajstić information content (AvgIpc) is 2.53. The van der Waals surface area contributed by atoms with Gasteiger partial charge < -0.3 is 10.0 Å². The highest BCUT2D eigenvalue weighted by atomic mass is 16.2. The summed E-state index contributed by atoms with van der Waals surface area (Å²) in [7, 11) is 0. The number of aliphatic hydroxyl groups is 1. The maximum Gasteiger partial charge on any atom is 0.133 e. The van der Waals surface area contributed by atoms with Gasteiger partial charge in [-0.1, -0.05) is 31.4 Å². The van der Waals surface area contributed by atoms with E-state index in [1.807, 2.05) is 12.3 Å². The lowest BCUT2D eigenvalue weighted by Gasteiger charge is -2.28. The summed E-state index contributed by atoms with van der Waals surface area (Å²) in [4.78, 5) is 18.0. The second-order valence-electron chi connectivity index (χ2n) is 5.86. The Balaban J connectivity index is 2.54. The minimum absolute atomic E-state index is 0.189. The molecule has 1 rings (SSSR count). The minimum Gasteiger partial charge on any atom is -0.396 e. The normalized spacial score (nSPS) is 14.9. The van der Waals surface area contributed by atoms with Crippen molar-refractivity contribution in [3.05, 3.63) is 24.0 Å². The standard InChI is InChI=1S/C18H30N2O2/c1-16(11-12-17(2)22)20(18-10-6-7-13-19-18)14-8-4-3-5-9-15-21/h7,11,13,21H,3-6,8-10,12,14-15H2,1-2H3. The molecule has 0 unspecified atom stereocenters. The van der Waals surface area contributed by atoms with Crippen molar-refractivity contribution in [2.24, 2.45) is 4.99 Å². The van der Waals surface area contributed by atoms with E-state index in [1.54, 1.807) is 6.92 Å². The third kappa shape index (κ3) is 7.55. The van der Waals surface area contributed by atoms with Gasteiger partial charge in [0.2, 0.25) is 0 Å². The summed E-state index contributed by atoms with van der Waals surface area (Å²) in [5.41, 5.74) is 1.12. The fourth-order valence-electron chi connectivity index (χ4n) is 2.52. The SMILES string of the molecule is CC(=O)CC=C(C)N(CCCCCCCO)C1=NC=CCC1. The first-order chi connectivity index (χ1) is 10.6. The molecule has 124 valence electrons. The van der Waals surface area contributed by atoms with Crippen LogP contribution in [0.4, 0.5) is 0 Å². The molecule has 1 heterocycles. The van der Waals surface area contributed by atoms with Gasteiger partial charge in [0.25, 0.3) is 0 Å². The first-order valence-corrected chi connectivity index (χ1v) is 8.41. The van der Waals surface area contributed by atoms with Crippen LogP contribution in [0.5, 0.6) is 0 Å². The molecule has 0 radical (unpaired) electrons. The summed E-state index contributed by atoms with van der Waals surface area (Å²) < 4.78 is 0. The Bertz CT molecular complexity index is 425. The van der Waals surface area contributed by atoms with Crippen molar-refractivity contribution in [3.8, 4) is 0 Å². The van der Waals surface area contributed by atoms with E-state index in [2.05, 4.69) is 22.9 Å². The Labute approximate surface area is 134 Å². The molecule has 0 saturated carbocycles. The Morgan fingerprint density at radius 2 is 2.00 bits per heavy atom. The second-order valence-corrected chi connectivity index (χ2v) is 5.86. The van der Waals surface area contributed by atoms with Gasteiger partial charge in [-0.05, 0) is 33.1 Å². The van der Waals surface area contributed by atoms with Gasteiger partial charge >= 0.3 is 0 Å². The van der Waals surface area contributed by atoms with E-state index in [1.165, 1.54) is 6.42 Å². The third-order valence-corrected chi connectivity index (χ3v) is 3.83. The largest absolute Gasteiger partial charge is 0.396 e. The molecule has 1 N–H and O–H groups in total. The zero-order valence-electron chi connectivity index (χ0n) is 14.1. The van der Waals surface area contributed by atoms with Crippen LogP contribution < -0.4 is 0 Å². The van der Waals surface area contributed by atoms with E-state index in [9.17, 15) is 4.79 Å². The minimum atomic E-state index is 0.189. The van der Waals surface area contributed by atoms with Gasteiger partial charge in [-0.2, -0.15) is 0 Å². The summed E-state index contributed by atoms with van der Waals surface area (Å²) in [6.07, 6.45) is 13.9. The lowest BCUT2D eigenvalue weighted by atomic mass is 10.1. The summed E-state index contributed by atoms with van der Waals surface area (Å²) >= 11 is 0. The molecule has 0 amide bonds. The van der Waals surface area contributed by atoms with E-state index < -0.39 is 0 Å². The fourth-order valence-corrected chi connectivity index (χ4v) is 2.52. The molecule has 0 spiro atoms. The van der Waals surface area contributed by atoms with Crippen molar-refractivity contribution >= 4 is 11.6 Å². The van der Waals surface area contributed by atoms with Crippen LogP contribution in [-0.4, -0.2) is 34.8 Å². The number of Topliss-reactive ketones (excluding diaryl/α,β-unsaturated/α-hetero) is 1. The number of unbranched alkanes of at least 4 members (excludes halogenated alkanes) is 4. The Morgan fingerprint density at radius 3 is 2.64 bits per heavy atom. The summed E-state index contributed by atoms with van der Waals surface area (Å²) in [6.45, 7) is 4.93. The molecule has 0 aromatic heterocycles. The number of aliphatic imine (C=N–C) groups is 1. The molecular weight excluding hydrogens is 276 g/mol. The average molecular weight is 306 g/mol. The lowest BCUT2D eigenvalue weighted by molar-refractivity contribution is -0.116. The van der Waals surface area contributed by atoms with E-state index in [-0.39, 0.29) is 5.78 Å². The van der Waals surface area contributed by atoms with Crippen LogP contribution >= 0.6 is 0 Å². The van der Waals surface area contributed by atoms with Crippen molar-refractivity contribution in [3.63, 3.8) is 0 Å². The molecule has 1 aliphatic rings. The Morgan fingerprint density at radius 1 is 1.27 bits per heavy atom. The van der Waals surface area contributed by atoms with Crippen LogP contribution in [0.25, 0.3) is 0 Å². The van der Waals surface area contributed by atoms with Crippen molar-refractivity contribution < 1.29 is 9.90 Å². The fraction of sp³-hybridized carbons (Fsp3) is 0.667. The van der Waals surface area contributed by atoms with E-state index in [4.69, 9.17) is 5.11 Å². The smallest absolute Gasteiger partial charge is 0.133 e. The molecule has 0 atom stereocenters. The summed E-state index contributed by atoms with van der Waals surface area (Å²) in [6, 6.07) is 0. The topological polar surface area (TPSA) is 52.9 Å². The van der Waals surface area contributed by atoms with E-state index in [0.717, 1.165) is 56.6 Å². The first kappa shape index (κ1) is 18.6. The van der Waals surface area contributed by atoms with Crippen molar-refractivity contribution in [1.82, 2.24) is 4.90 Å². The molecule has 1 aliphatic heterocycles. The molecule has 0 aromatic rings. The van der Waals surface area contributed by atoms with Crippen LogP contribution in [0.3, 0.4) is 0 Å². The summed E-state index contributed by atoms with van der Waals surface area (Å²) in [5, 5.41) is 8.79. The van der Waals surface area contributed by atoms with Crippen molar-refractivity contribution in [2.75, 3.05) is 13.2 Å². The molecule has 4 heteroatoms. The number of carbonyl (C=O) groups excluding carboxylic acids is 1. The number of rotatable bonds is 10. The number of hydrogen-bond donors (Lipinski definition) is 1. The Hall–Kier alpha value is -1.42. The van der Waals surface area contributed by atoms with Gasteiger partial charge in [0.15, 0.2) is 0 Å². The van der Waals surface area contributed by atoms with Gasteiger partial charge in [-0.3, -0.25) is 4.79 Å². The second kappa shape index (κ2) is 11.2. The van der Waals surface area contributed by atoms with Crippen LogP contribution in [-0.2, 0) is 4.79 Å². The molecule has 0 saturated heterocycles. The number of carbonyl (C=O) groups is 1. The van der Waals surface area contributed by atoms with Crippen molar-refractivity contribution in [2.45, 2.75) is 65.2 Å². The molecule has 0 aromatic carbocycles. The van der Waals surface area contributed by atoms with E-state index in [0.29, 0.717) is 13.0 Å². The zero-order chi connectivity index (χ0) is 16.2. The van der Waals surface area contributed by atoms with Crippen molar-refractivity contribution in [1.29, 1.82) is 0 Å². The predicted octanol–water partition coefficient (Wildman–Crippen LogP) is 3.82. The third-order valence-electron chi connectivity index (χ3n) is 3.83. The van der Waals surface area contributed by atoms with E-state index >= 15 is 0 Å². The highest BCUT2D eigenvalue weighted by molar-refractivity contribution is 5.85. The maximum atomic E-state index is 11.2. The first-order valence-electron chi connectivity index (χ1n) is 8.41. The summed E-state index contributed by atoms with van der Waals surface area (Å²) in [5.74, 6) is 1.30. The molecule has 0 bridgehead atoms. The van der Waals surface area contributed by atoms with Gasteiger partial charge in [0.1, 0.15) is 11.6 Å². The van der Waals surface area contributed by atoms with Crippen LogP contribution in [0.1, 0.15) is 65.2 Å². The molecule has 0 fully saturated rings. The maximum absolute atomic E-state index is 11.2. The molecule has 4 nitrogen and oxygen atoms in total. The van der Waals surface area contributed by atoms with Gasteiger partial charge in [-0.25, -0.2) is 4.99 Å². The number of aliphatic hydroxyl groups excluding tert-OH is 1. The Kier molecular flexibility index (Phi) is 9.47. The number of allylic oxidation sites excluding steroid dienone is 3. The monoisotopic (exact) mass is 306 g/mol. The van der Waals surface area contributed by atoms with Gasteiger partial charge in [0, 0.05) is 37.9 Å². The molecule has 22 heavy (non-hydrogen) atoms. The molecule has 0 aliphatic carbocycles. The molecular formula is C18H30N2O2. The number of hydrogen-bond acceptors (Lipinski definition) is 4. The van der Waals surface area contributed by atoms with Crippen LogP contribution in [0.15, 0.2) is 29.0 Å². The number of ketones is 1. The van der Waals surface area contributed by atoms with Gasteiger partial charge in [-0.15, -0.1) is 0 Å². The van der Waals surface area contributed by atoms with Crippen LogP contribution in [0.2, 0.25) is 0 Å². The highest BCUT2D eigenvalue weighted by Gasteiger charge is 2.13. The highest BCUT2D eigenvalue weighted by Crippen LogP contribution is 2.16. The number of amidine groups is 1. The predicted molar refractivity (Wildman–Crippen MR) is 91.7 cm³/mol.